The van der Waals surface area contributed by atoms with Gasteiger partial charge in [0, 0.05) is 36.8 Å². The molecule has 0 N–H and O–H groups in total. The summed E-state index contributed by atoms with van der Waals surface area (Å²) in [6.07, 6.45) is 6.43. The van der Waals surface area contributed by atoms with Gasteiger partial charge in [0.1, 0.15) is 0 Å². The average Bonchev–Trinajstić information content (AvgIpc) is 3.18. The minimum absolute atomic E-state index is 0.00320. The Morgan fingerprint density at radius 2 is 2.38 bits per heavy atom. The lowest BCUT2D eigenvalue weighted by atomic mass is 9.92. The van der Waals surface area contributed by atoms with Gasteiger partial charge in [0.2, 0.25) is 0 Å². The van der Waals surface area contributed by atoms with Gasteiger partial charge in [-0.25, -0.2) is 0 Å². The van der Waals surface area contributed by atoms with E-state index in [0.717, 1.165) is 36.4 Å². The van der Waals surface area contributed by atoms with Crippen LogP contribution in [0, 0.1) is 6.92 Å². The molecular formula is C18H20N2O3S. The molecule has 6 heteroatoms. The number of likely N-dealkylation sites (tertiary alicyclic amines) is 1. The smallest absolute Gasteiger partial charge is 0.289 e. The molecule has 1 amide bonds. The van der Waals surface area contributed by atoms with Gasteiger partial charge in [-0.05, 0) is 31.0 Å². The molecule has 0 radical (unpaired) electrons. The molecule has 0 saturated carbocycles. The van der Waals surface area contributed by atoms with Gasteiger partial charge in [-0.3, -0.25) is 9.78 Å². The minimum atomic E-state index is 0.00320. The van der Waals surface area contributed by atoms with Crippen LogP contribution in [0.4, 0.5) is 0 Å². The van der Waals surface area contributed by atoms with Crippen molar-refractivity contribution in [3.05, 3.63) is 53.7 Å². The summed E-state index contributed by atoms with van der Waals surface area (Å²) in [7, 11) is 0. The molecule has 1 atom stereocenters. The van der Waals surface area contributed by atoms with Crippen LogP contribution in [-0.4, -0.2) is 45.5 Å². The number of amides is 1. The summed E-state index contributed by atoms with van der Waals surface area (Å²) >= 11 is 1.93. The van der Waals surface area contributed by atoms with Crippen molar-refractivity contribution in [1.82, 2.24) is 9.88 Å². The normalized spacial score (nSPS) is 21.9. The molecule has 2 saturated heterocycles. The van der Waals surface area contributed by atoms with Crippen molar-refractivity contribution in [3.8, 4) is 0 Å². The van der Waals surface area contributed by atoms with Crippen LogP contribution in [0.5, 0.6) is 0 Å². The second kappa shape index (κ2) is 6.26. The van der Waals surface area contributed by atoms with E-state index >= 15 is 0 Å². The molecule has 5 nitrogen and oxygen atoms in total. The van der Waals surface area contributed by atoms with Crippen LogP contribution in [-0.2, 0) is 11.3 Å². The fourth-order valence-corrected chi connectivity index (χ4v) is 4.91. The maximum atomic E-state index is 12.4. The average molecular weight is 344 g/mol. The first-order valence-electron chi connectivity index (χ1n) is 8.13. The van der Waals surface area contributed by atoms with Crippen LogP contribution in [0.15, 0.2) is 41.3 Å². The molecule has 2 aromatic heterocycles. The summed E-state index contributed by atoms with van der Waals surface area (Å²) in [4.78, 5) is 18.4. The minimum Gasteiger partial charge on any atom is -0.459 e. The number of nitrogens with zero attached hydrogens (tertiary/aromatic N) is 2. The summed E-state index contributed by atoms with van der Waals surface area (Å²) in [5.74, 6) is 1.46. The van der Waals surface area contributed by atoms with Gasteiger partial charge in [0.25, 0.3) is 5.91 Å². The van der Waals surface area contributed by atoms with Crippen LogP contribution >= 0.6 is 11.8 Å². The van der Waals surface area contributed by atoms with Crippen molar-refractivity contribution in [2.45, 2.75) is 30.8 Å². The number of aromatic nitrogens is 1. The number of aryl methyl sites for hydroxylation is 1. The molecule has 2 fully saturated rings. The van der Waals surface area contributed by atoms with E-state index < -0.39 is 0 Å². The Morgan fingerprint density at radius 3 is 3.08 bits per heavy atom. The van der Waals surface area contributed by atoms with Gasteiger partial charge in [-0.1, -0.05) is 6.07 Å². The zero-order valence-electron chi connectivity index (χ0n) is 13.6. The topological polar surface area (TPSA) is 55.6 Å². The summed E-state index contributed by atoms with van der Waals surface area (Å²) in [5.41, 5.74) is 2.00. The van der Waals surface area contributed by atoms with Crippen LogP contribution in [0.1, 0.15) is 28.1 Å². The maximum absolute atomic E-state index is 12.4. The highest BCUT2D eigenvalue weighted by Crippen LogP contribution is 2.46. The molecule has 0 bridgehead atoms. The number of furan rings is 1. The predicted octanol–water partition coefficient (Wildman–Crippen LogP) is 2.90. The van der Waals surface area contributed by atoms with Crippen molar-refractivity contribution >= 4 is 17.7 Å². The van der Waals surface area contributed by atoms with Gasteiger partial charge in [-0.2, -0.15) is 0 Å². The number of pyridine rings is 1. The van der Waals surface area contributed by atoms with Gasteiger partial charge < -0.3 is 14.1 Å². The third-order valence-corrected chi connectivity index (χ3v) is 6.26. The number of ether oxygens (including phenoxy) is 1. The van der Waals surface area contributed by atoms with Gasteiger partial charge in [-0.15, -0.1) is 11.8 Å². The second-order valence-electron chi connectivity index (χ2n) is 6.59. The van der Waals surface area contributed by atoms with E-state index in [9.17, 15) is 4.79 Å². The monoisotopic (exact) mass is 344 g/mol. The van der Waals surface area contributed by atoms with Gasteiger partial charge >= 0.3 is 0 Å². The highest BCUT2D eigenvalue weighted by molar-refractivity contribution is 8.01. The highest BCUT2D eigenvalue weighted by Gasteiger charge is 2.51. The van der Waals surface area contributed by atoms with Crippen LogP contribution in [0.3, 0.4) is 0 Å². The molecule has 0 unspecified atom stereocenters. The molecule has 4 heterocycles. The molecule has 0 aliphatic carbocycles. The van der Waals surface area contributed by atoms with Crippen molar-refractivity contribution in [1.29, 1.82) is 0 Å². The van der Waals surface area contributed by atoms with E-state index in [2.05, 4.69) is 4.98 Å². The Labute approximate surface area is 145 Å². The summed E-state index contributed by atoms with van der Waals surface area (Å²) < 4.78 is 11.5. The lowest BCUT2D eigenvalue weighted by molar-refractivity contribution is 0.0242. The van der Waals surface area contributed by atoms with Gasteiger partial charge in [0.05, 0.1) is 23.7 Å². The molecular weight excluding hydrogens is 324 g/mol. The number of carbonyl (C=O) groups is 1. The number of thioether (sulfide) groups is 1. The molecule has 2 aromatic rings. The van der Waals surface area contributed by atoms with E-state index in [1.54, 1.807) is 12.5 Å². The van der Waals surface area contributed by atoms with E-state index in [1.807, 2.05) is 48.0 Å². The lowest BCUT2D eigenvalue weighted by Crippen LogP contribution is -2.60. The van der Waals surface area contributed by atoms with Crippen LogP contribution in [0.2, 0.25) is 0 Å². The first-order chi connectivity index (χ1) is 11.7. The molecule has 2 aliphatic heterocycles. The van der Waals surface area contributed by atoms with Gasteiger partial charge in [0.15, 0.2) is 5.76 Å². The Morgan fingerprint density at radius 1 is 1.50 bits per heavy atom. The van der Waals surface area contributed by atoms with E-state index in [-0.39, 0.29) is 16.8 Å². The fourth-order valence-electron chi connectivity index (χ4n) is 3.36. The number of rotatable bonds is 4. The third-order valence-electron chi connectivity index (χ3n) is 4.69. The highest BCUT2D eigenvalue weighted by atomic mass is 32.2. The van der Waals surface area contributed by atoms with Crippen LogP contribution in [0.25, 0.3) is 0 Å². The maximum Gasteiger partial charge on any atom is 0.289 e. The van der Waals surface area contributed by atoms with Crippen LogP contribution < -0.4 is 0 Å². The van der Waals surface area contributed by atoms with E-state index in [0.29, 0.717) is 12.4 Å². The second-order valence-corrected chi connectivity index (χ2v) is 8.07. The first kappa shape index (κ1) is 15.7. The van der Waals surface area contributed by atoms with Crippen molar-refractivity contribution in [3.63, 3.8) is 0 Å². The number of hydrogen-bond donors (Lipinski definition) is 0. The Kier molecular flexibility index (Phi) is 4.10. The van der Waals surface area contributed by atoms with Crippen molar-refractivity contribution < 1.29 is 13.9 Å². The molecule has 0 aromatic carbocycles. The predicted molar refractivity (Wildman–Crippen MR) is 92.0 cm³/mol. The van der Waals surface area contributed by atoms with E-state index in [1.165, 1.54) is 0 Å². The third kappa shape index (κ3) is 2.96. The quantitative estimate of drug-likeness (QED) is 0.854. The Bertz CT molecular complexity index is 725. The number of hydrogen-bond acceptors (Lipinski definition) is 5. The molecule has 126 valence electrons. The van der Waals surface area contributed by atoms with E-state index in [4.69, 9.17) is 9.15 Å². The lowest BCUT2D eigenvalue weighted by Gasteiger charge is -2.47. The largest absolute Gasteiger partial charge is 0.459 e. The SMILES string of the molecule is Cc1ccoc1C(=O)N1CC2(C[C@@H](OCc3cccnc3)CS2)C1. The summed E-state index contributed by atoms with van der Waals surface area (Å²) in [6, 6.07) is 5.78. The standard InChI is InChI=1S/C18H20N2O3S/c1-13-4-6-22-16(13)17(21)20-11-18(12-20)7-15(10-24-18)23-9-14-3-2-5-19-8-14/h2-6,8,15H,7,9-12H2,1H3/t15-/m1/s1. The van der Waals surface area contributed by atoms with Crippen molar-refractivity contribution in [2.75, 3.05) is 18.8 Å². The Balaban J connectivity index is 1.29. The molecule has 4 rings (SSSR count). The zero-order chi connectivity index (χ0) is 16.6. The molecule has 24 heavy (non-hydrogen) atoms. The summed E-state index contributed by atoms with van der Waals surface area (Å²) in [6.45, 7) is 4.06. The first-order valence-corrected chi connectivity index (χ1v) is 9.12. The Hall–Kier alpha value is -1.79. The molecule has 2 aliphatic rings. The zero-order valence-corrected chi connectivity index (χ0v) is 14.4. The molecule has 1 spiro atoms. The number of carbonyl (C=O) groups excluding carboxylic acids is 1. The van der Waals surface area contributed by atoms with Crippen molar-refractivity contribution in [2.24, 2.45) is 0 Å². The fraction of sp³-hybridized carbons (Fsp3) is 0.444. The summed E-state index contributed by atoms with van der Waals surface area (Å²) in [5, 5.41) is 0.